The van der Waals surface area contributed by atoms with Gasteiger partial charge in [0.2, 0.25) is 0 Å². The molecule has 1 fully saturated rings. The molecule has 1 heterocycles. The van der Waals surface area contributed by atoms with Crippen molar-refractivity contribution in [3.05, 3.63) is 34.7 Å². The first-order valence-corrected chi connectivity index (χ1v) is 6.81. The molecule has 1 saturated carbocycles. The Morgan fingerprint density at radius 2 is 2.00 bits per heavy atom. The number of carboxylic acid groups (broad SMARTS) is 1. The summed E-state index contributed by atoms with van der Waals surface area (Å²) >= 11 is 0. The van der Waals surface area contributed by atoms with Gasteiger partial charge in [0.15, 0.2) is 9.84 Å². The van der Waals surface area contributed by atoms with Crippen LogP contribution in [0.1, 0.15) is 24.0 Å². The molecule has 4 nitrogen and oxygen atoms in total. The molecule has 1 N–H and O–H groups in total. The van der Waals surface area contributed by atoms with Gasteiger partial charge < -0.3 is 5.11 Å². The van der Waals surface area contributed by atoms with E-state index in [0.29, 0.717) is 24.0 Å². The Morgan fingerprint density at radius 1 is 1.29 bits per heavy atom. The summed E-state index contributed by atoms with van der Waals surface area (Å²) in [5, 5.41) is 10.3. The second kappa shape index (κ2) is 2.98. The fourth-order valence-electron chi connectivity index (χ4n) is 2.22. The molecule has 0 bridgehead atoms. The van der Waals surface area contributed by atoms with Gasteiger partial charge in [0.05, 0.1) is 10.3 Å². The molecular formula is C12H10O4S. The van der Waals surface area contributed by atoms with Crippen LogP contribution < -0.4 is 0 Å². The largest absolute Gasteiger partial charge is 0.481 e. The molecule has 5 heteroatoms. The summed E-state index contributed by atoms with van der Waals surface area (Å²) in [6.07, 6.45) is 2.77. The molecule has 1 aliphatic heterocycles. The smallest absolute Gasteiger partial charge is 0.314 e. The summed E-state index contributed by atoms with van der Waals surface area (Å²) in [5.41, 5.74) is 0.510. The monoisotopic (exact) mass is 250 g/mol. The van der Waals surface area contributed by atoms with Crippen LogP contribution in [0.2, 0.25) is 0 Å². The number of hydrogen-bond donors (Lipinski definition) is 1. The zero-order chi connectivity index (χ0) is 12.3. The summed E-state index contributed by atoms with van der Waals surface area (Å²) in [6.45, 7) is 0. The molecule has 0 radical (unpaired) electrons. The molecule has 0 spiro atoms. The van der Waals surface area contributed by atoms with Gasteiger partial charge in [-0.15, -0.1) is 0 Å². The van der Waals surface area contributed by atoms with Gasteiger partial charge in [-0.3, -0.25) is 4.79 Å². The highest BCUT2D eigenvalue weighted by Gasteiger charge is 2.52. The summed E-state index contributed by atoms with van der Waals surface area (Å²) in [5.74, 6) is -0.831. The Labute approximate surface area is 98.5 Å². The van der Waals surface area contributed by atoms with Gasteiger partial charge in [-0.2, -0.15) is 0 Å². The number of benzene rings is 1. The van der Waals surface area contributed by atoms with E-state index in [-0.39, 0.29) is 4.90 Å². The van der Waals surface area contributed by atoms with Gasteiger partial charge in [-0.1, -0.05) is 6.07 Å². The Balaban J connectivity index is 2.14. The zero-order valence-corrected chi connectivity index (χ0v) is 9.70. The van der Waals surface area contributed by atoms with E-state index in [1.54, 1.807) is 12.1 Å². The summed E-state index contributed by atoms with van der Waals surface area (Å²) in [4.78, 5) is 11.4. The SMILES string of the molecule is O=C(O)C1(c2ccc3c(c2)C=CS3(=O)=O)CC1. The lowest BCUT2D eigenvalue weighted by atomic mass is 9.94. The molecule has 17 heavy (non-hydrogen) atoms. The molecule has 0 atom stereocenters. The van der Waals surface area contributed by atoms with Gasteiger partial charge >= 0.3 is 5.97 Å². The summed E-state index contributed by atoms with van der Waals surface area (Å²) < 4.78 is 23.1. The molecule has 3 rings (SSSR count). The van der Waals surface area contributed by atoms with E-state index in [0.717, 1.165) is 5.41 Å². The fraction of sp³-hybridized carbons (Fsp3) is 0.250. The van der Waals surface area contributed by atoms with Gasteiger partial charge in [0, 0.05) is 5.41 Å². The second-order valence-corrected chi connectivity index (χ2v) is 6.29. The van der Waals surface area contributed by atoms with Crippen LogP contribution in [0.15, 0.2) is 28.5 Å². The Morgan fingerprint density at radius 3 is 2.59 bits per heavy atom. The number of aliphatic carboxylic acids is 1. The summed E-state index contributed by atoms with van der Waals surface area (Å²) in [7, 11) is -3.30. The number of rotatable bonds is 2. The van der Waals surface area contributed by atoms with Crippen LogP contribution in [-0.4, -0.2) is 19.5 Å². The topological polar surface area (TPSA) is 71.4 Å². The van der Waals surface area contributed by atoms with Crippen molar-refractivity contribution in [2.24, 2.45) is 0 Å². The lowest BCUT2D eigenvalue weighted by molar-refractivity contribution is -0.140. The van der Waals surface area contributed by atoms with E-state index in [1.807, 2.05) is 0 Å². The Kier molecular flexibility index (Phi) is 1.85. The lowest BCUT2D eigenvalue weighted by Crippen LogP contribution is -2.19. The number of hydrogen-bond acceptors (Lipinski definition) is 3. The second-order valence-electron chi connectivity index (χ2n) is 4.49. The summed E-state index contributed by atoms with van der Waals surface area (Å²) in [6, 6.07) is 4.80. The number of carboxylic acids is 1. The molecule has 88 valence electrons. The number of sulfone groups is 1. The van der Waals surface area contributed by atoms with E-state index in [9.17, 15) is 18.3 Å². The molecule has 1 aromatic carbocycles. The predicted molar refractivity (Wildman–Crippen MR) is 61.2 cm³/mol. The molecule has 2 aliphatic rings. The lowest BCUT2D eigenvalue weighted by Gasteiger charge is -2.11. The highest BCUT2D eigenvalue weighted by Crippen LogP contribution is 2.49. The average molecular weight is 250 g/mol. The molecule has 1 aromatic rings. The van der Waals surface area contributed by atoms with Crippen molar-refractivity contribution in [3.8, 4) is 0 Å². The third kappa shape index (κ3) is 1.35. The van der Waals surface area contributed by atoms with E-state index in [2.05, 4.69) is 0 Å². The highest BCUT2D eigenvalue weighted by atomic mass is 32.2. The molecular weight excluding hydrogens is 240 g/mol. The standard InChI is InChI=1S/C12H10O4S/c13-11(14)12(4-5-12)9-1-2-10-8(7-9)3-6-17(10,15)16/h1-3,6-7H,4-5H2,(H,13,14). The van der Waals surface area contributed by atoms with Crippen LogP contribution in [0.25, 0.3) is 6.08 Å². The van der Waals surface area contributed by atoms with Crippen LogP contribution in [-0.2, 0) is 20.0 Å². The molecule has 1 aliphatic carbocycles. The van der Waals surface area contributed by atoms with Crippen LogP contribution in [0, 0.1) is 0 Å². The maximum atomic E-state index is 11.6. The van der Waals surface area contributed by atoms with Crippen LogP contribution in [0.5, 0.6) is 0 Å². The van der Waals surface area contributed by atoms with Gasteiger partial charge in [-0.25, -0.2) is 8.42 Å². The van der Waals surface area contributed by atoms with Crippen LogP contribution >= 0.6 is 0 Å². The average Bonchev–Trinajstić information content (AvgIpc) is 3.02. The van der Waals surface area contributed by atoms with Crippen molar-refractivity contribution in [3.63, 3.8) is 0 Å². The third-order valence-electron chi connectivity index (χ3n) is 3.46. The Hall–Kier alpha value is -1.62. The van der Waals surface area contributed by atoms with E-state index in [4.69, 9.17) is 0 Å². The minimum Gasteiger partial charge on any atom is -0.481 e. The van der Waals surface area contributed by atoms with Gasteiger partial charge in [-0.05, 0) is 42.2 Å². The highest BCUT2D eigenvalue weighted by molar-refractivity contribution is 7.94. The van der Waals surface area contributed by atoms with E-state index >= 15 is 0 Å². The van der Waals surface area contributed by atoms with Gasteiger partial charge in [0.1, 0.15) is 0 Å². The number of carbonyl (C=O) groups is 1. The van der Waals surface area contributed by atoms with Crippen molar-refractivity contribution in [1.29, 1.82) is 0 Å². The molecule has 0 unspecified atom stereocenters. The molecule has 0 aromatic heterocycles. The van der Waals surface area contributed by atoms with Crippen molar-refractivity contribution in [2.45, 2.75) is 23.2 Å². The fourth-order valence-corrected chi connectivity index (χ4v) is 3.41. The third-order valence-corrected chi connectivity index (χ3v) is 4.93. The normalized spacial score (nSPS) is 22.1. The first kappa shape index (κ1) is 10.5. The first-order chi connectivity index (χ1) is 7.96. The van der Waals surface area contributed by atoms with Gasteiger partial charge in [0.25, 0.3) is 0 Å². The first-order valence-electron chi connectivity index (χ1n) is 5.27. The van der Waals surface area contributed by atoms with Crippen molar-refractivity contribution < 1.29 is 18.3 Å². The van der Waals surface area contributed by atoms with Crippen molar-refractivity contribution >= 4 is 21.9 Å². The van der Waals surface area contributed by atoms with Crippen molar-refractivity contribution in [2.75, 3.05) is 0 Å². The maximum Gasteiger partial charge on any atom is 0.314 e. The Bertz CT molecular complexity index is 651. The molecule has 0 saturated heterocycles. The zero-order valence-electron chi connectivity index (χ0n) is 8.88. The van der Waals surface area contributed by atoms with Crippen LogP contribution in [0.4, 0.5) is 0 Å². The maximum absolute atomic E-state index is 11.6. The number of fused-ring (bicyclic) bond motifs is 1. The minimum absolute atomic E-state index is 0.266. The van der Waals surface area contributed by atoms with Crippen molar-refractivity contribution in [1.82, 2.24) is 0 Å². The predicted octanol–water partition coefficient (Wildman–Crippen LogP) is 1.56. The quantitative estimate of drug-likeness (QED) is 0.864. The van der Waals surface area contributed by atoms with Crippen LogP contribution in [0.3, 0.4) is 0 Å². The van der Waals surface area contributed by atoms with E-state index in [1.165, 1.54) is 12.1 Å². The molecule has 0 amide bonds. The van der Waals surface area contributed by atoms with E-state index < -0.39 is 21.2 Å². The minimum atomic E-state index is -3.30.